The van der Waals surface area contributed by atoms with Crippen molar-refractivity contribution in [1.82, 2.24) is 10.6 Å². The summed E-state index contributed by atoms with van der Waals surface area (Å²) in [5, 5.41) is 11.0. The van der Waals surface area contributed by atoms with Gasteiger partial charge in [0.25, 0.3) is 0 Å². The van der Waals surface area contributed by atoms with E-state index < -0.39 is 0 Å². The highest BCUT2D eigenvalue weighted by Gasteiger charge is 2.41. The first-order valence-electron chi connectivity index (χ1n) is 16.6. The van der Waals surface area contributed by atoms with Crippen LogP contribution < -0.4 is 10.6 Å². The number of hydrogen-bond donors (Lipinski definition) is 2. The number of esters is 2. The van der Waals surface area contributed by atoms with E-state index in [0.717, 1.165) is 58.4 Å². The summed E-state index contributed by atoms with van der Waals surface area (Å²) in [6.45, 7) is 17.2. The molecule has 6 rings (SSSR count). The van der Waals surface area contributed by atoms with E-state index in [-0.39, 0.29) is 46.3 Å². The van der Waals surface area contributed by atoms with Gasteiger partial charge in [0.1, 0.15) is 12.2 Å². The van der Waals surface area contributed by atoms with E-state index >= 15 is 0 Å². The molecule has 0 saturated carbocycles. The van der Waals surface area contributed by atoms with Crippen LogP contribution in [0.15, 0.2) is 72.8 Å². The summed E-state index contributed by atoms with van der Waals surface area (Å²) >= 11 is 0. The van der Waals surface area contributed by atoms with E-state index in [0.29, 0.717) is 11.1 Å². The molecule has 0 atom stereocenters. The lowest BCUT2D eigenvalue weighted by molar-refractivity contribution is -0.00757. The van der Waals surface area contributed by atoms with Crippen molar-refractivity contribution in [3.8, 4) is 11.1 Å². The lowest BCUT2D eigenvalue weighted by Crippen LogP contribution is -2.59. The highest BCUT2D eigenvalue weighted by atomic mass is 16.5. The Bertz CT molecular complexity index is 1780. The number of rotatable bonds is 5. The zero-order valence-corrected chi connectivity index (χ0v) is 28.5. The molecule has 2 aliphatic heterocycles. The van der Waals surface area contributed by atoms with E-state index in [1.807, 2.05) is 66.7 Å². The minimum absolute atomic E-state index is 0.144. The molecule has 0 aromatic heterocycles. The average Bonchev–Trinajstić information content (AvgIpc) is 2.92. The third-order valence-electron chi connectivity index (χ3n) is 9.37. The van der Waals surface area contributed by atoms with E-state index in [2.05, 4.69) is 72.1 Å². The van der Waals surface area contributed by atoms with Crippen molar-refractivity contribution in [3.63, 3.8) is 0 Å². The van der Waals surface area contributed by atoms with Crippen LogP contribution in [0.2, 0.25) is 0 Å². The third-order valence-corrected chi connectivity index (χ3v) is 9.37. The van der Waals surface area contributed by atoms with Gasteiger partial charge in [0.15, 0.2) is 0 Å². The number of nitrogens with one attached hydrogen (secondary N) is 2. The Morgan fingerprint density at radius 1 is 0.587 bits per heavy atom. The smallest absolute Gasteiger partial charge is 0.339 e. The molecule has 0 radical (unpaired) electrons. The maximum absolute atomic E-state index is 14.0. The summed E-state index contributed by atoms with van der Waals surface area (Å²) < 4.78 is 12.5. The summed E-state index contributed by atoms with van der Waals surface area (Å²) in [4.78, 5) is 27.8. The lowest BCUT2D eigenvalue weighted by atomic mass is 9.81. The minimum Gasteiger partial charge on any atom is -0.459 e. The summed E-state index contributed by atoms with van der Waals surface area (Å²) in [5.41, 5.74) is 2.20. The maximum Gasteiger partial charge on any atom is 0.339 e. The molecule has 2 heterocycles. The molecule has 0 unspecified atom stereocenters. The van der Waals surface area contributed by atoms with Crippen LogP contribution >= 0.6 is 0 Å². The Labute approximate surface area is 273 Å². The molecular formula is C40H48N2O4. The second-order valence-corrected chi connectivity index (χ2v) is 16.1. The van der Waals surface area contributed by atoms with Crippen molar-refractivity contribution in [3.05, 3.63) is 83.9 Å². The quantitative estimate of drug-likeness (QED) is 0.218. The first kappa shape index (κ1) is 32.2. The van der Waals surface area contributed by atoms with Crippen LogP contribution in [0.25, 0.3) is 32.7 Å². The van der Waals surface area contributed by atoms with Crippen molar-refractivity contribution in [1.29, 1.82) is 0 Å². The molecule has 0 amide bonds. The molecule has 2 aliphatic rings. The topological polar surface area (TPSA) is 76.7 Å². The Kier molecular flexibility index (Phi) is 8.05. The van der Waals surface area contributed by atoms with Gasteiger partial charge in [-0.1, -0.05) is 54.6 Å². The third kappa shape index (κ3) is 6.84. The fourth-order valence-corrected chi connectivity index (χ4v) is 8.45. The molecule has 2 saturated heterocycles. The predicted octanol–water partition coefficient (Wildman–Crippen LogP) is 8.59. The van der Waals surface area contributed by atoms with Gasteiger partial charge in [-0.25, -0.2) is 9.59 Å². The van der Waals surface area contributed by atoms with Crippen LogP contribution in [0.5, 0.6) is 0 Å². The fourth-order valence-electron chi connectivity index (χ4n) is 8.45. The summed E-state index contributed by atoms with van der Waals surface area (Å²) in [6.07, 6.45) is 2.55. The number of ether oxygens (including phenoxy) is 2. The van der Waals surface area contributed by atoms with Gasteiger partial charge in [0.05, 0.1) is 11.1 Å². The zero-order valence-electron chi connectivity index (χ0n) is 28.5. The molecule has 0 bridgehead atoms. The number of carbonyl (C=O) groups excluding carboxylic acids is 2. The largest absolute Gasteiger partial charge is 0.459 e. The van der Waals surface area contributed by atoms with Crippen LogP contribution in [0, 0.1) is 0 Å². The Morgan fingerprint density at radius 2 is 1.09 bits per heavy atom. The van der Waals surface area contributed by atoms with Gasteiger partial charge in [-0.3, -0.25) is 0 Å². The van der Waals surface area contributed by atoms with Crippen LogP contribution in [-0.4, -0.2) is 46.3 Å². The molecule has 46 heavy (non-hydrogen) atoms. The zero-order chi connectivity index (χ0) is 33.1. The Hall–Kier alpha value is -3.74. The maximum atomic E-state index is 14.0. The lowest BCUT2D eigenvalue weighted by Gasteiger charge is -2.46. The van der Waals surface area contributed by atoms with Crippen molar-refractivity contribution in [2.45, 2.75) is 115 Å². The second kappa shape index (κ2) is 11.5. The summed E-state index contributed by atoms with van der Waals surface area (Å²) in [5.74, 6) is -0.658. The first-order chi connectivity index (χ1) is 21.5. The molecule has 0 aliphatic carbocycles. The number of hydrogen-bond acceptors (Lipinski definition) is 6. The summed E-state index contributed by atoms with van der Waals surface area (Å²) in [6, 6.07) is 23.8. The Balaban J connectivity index is 1.40. The molecule has 6 nitrogen and oxygen atoms in total. The number of piperidine rings is 2. The van der Waals surface area contributed by atoms with Crippen molar-refractivity contribution in [2.24, 2.45) is 0 Å². The van der Waals surface area contributed by atoms with E-state index in [9.17, 15) is 9.59 Å². The van der Waals surface area contributed by atoms with Crippen LogP contribution in [0.4, 0.5) is 0 Å². The van der Waals surface area contributed by atoms with Gasteiger partial charge >= 0.3 is 11.9 Å². The summed E-state index contributed by atoms with van der Waals surface area (Å²) in [7, 11) is 0. The van der Waals surface area contributed by atoms with Gasteiger partial charge < -0.3 is 20.1 Å². The van der Waals surface area contributed by atoms with Gasteiger partial charge in [-0.05, 0) is 101 Å². The van der Waals surface area contributed by atoms with Crippen LogP contribution in [0.3, 0.4) is 0 Å². The van der Waals surface area contributed by atoms with E-state index in [1.54, 1.807) is 0 Å². The first-order valence-corrected chi connectivity index (χ1v) is 16.6. The van der Waals surface area contributed by atoms with Gasteiger partial charge in [0, 0.05) is 53.2 Å². The molecule has 4 aromatic rings. The molecule has 242 valence electrons. The number of fused-ring (bicyclic) bond motifs is 2. The monoisotopic (exact) mass is 620 g/mol. The molecular weight excluding hydrogens is 572 g/mol. The van der Waals surface area contributed by atoms with E-state index in [1.165, 1.54) is 0 Å². The normalized spacial score (nSPS) is 20.8. The fraction of sp³-hybridized carbons (Fsp3) is 0.450. The van der Waals surface area contributed by atoms with Gasteiger partial charge in [0.2, 0.25) is 0 Å². The van der Waals surface area contributed by atoms with Crippen molar-refractivity contribution in [2.75, 3.05) is 0 Å². The molecule has 2 N–H and O–H groups in total. The second-order valence-electron chi connectivity index (χ2n) is 16.1. The van der Waals surface area contributed by atoms with Gasteiger partial charge in [-0.2, -0.15) is 0 Å². The van der Waals surface area contributed by atoms with Crippen molar-refractivity contribution >= 4 is 33.5 Å². The number of benzene rings is 4. The predicted molar refractivity (Wildman–Crippen MR) is 186 cm³/mol. The Morgan fingerprint density at radius 3 is 1.67 bits per heavy atom. The highest BCUT2D eigenvalue weighted by Crippen LogP contribution is 2.39. The van der Waals surface area contributed by atoms with Crippen LogP contribution in [-0.2, 0) is 9.47 Å². The molecule has 0 spiro atoms. The highest BCUT2D eigenvalue weighted by molar-refractivity contribution is 6.14. The van der Waals surface area contributed by atoms with Crippen molar-refractivity contribution < 1.29 is 19.1 Å². The molecule has 4 aromatic carbocycles. The number of carbonyl (C=O) groups is 2. The average molecular weight is 621 g/mol. The molecule has 6 heteroatoms. The SMILES string of the molecule is CC1(C)CC(OC(=O)c2cc(-c3cccc4cccc(C(=O)OC5CC(C)(C)NC(C)(C)C5)c34)c3ccccc3c2)CC(C)(C)N1. The standard InChI is InChI=1S/C40H48N2O4/c1-37(2)21-28(22-38(3,4)41-37)45-35(43)27-19-26-13-9-10-16-30(26)33(20-27)31-17-11-14-25-15-12-18-32(34(25)31)36(44)46-29-23-39(5,6)42-40(7,8)24-29/h9-20,28-29,41-42H,21-24H2,1-8H3. The van der Waals surface area contributed by atoms with Gasteiger partial charge in [-0.15, -0.1) is 0 Å². The minimum atomic E-state index is -0.332. The van der Waals surface area contributed by atoms with E-state index in [4.69, 9.17) is 9.47 Å². The van der Waals surface area contributed by atoms with Crippen LogP contribution in [0.1, 0.15) is 102 Å². The molecule has 2 fully saturated rings.